The van der Waals surface area contributed by atoms with Gasteiger partial charge in [0.15, 0.2) is 16.6 Å². The fourth-order valence-electron chi connectivity index (χ4n) is 4.51. The van der Waals surface area contributed by atoms with Gasteiger partial charge in [-0.2, -0.15) is 0 Å². The van der Waals surface area contributed by atoms with E-state index in [2.05, 4.69) is 58.1 Å². The number of hydrogen-bond acceptors (Lipinski definition) is 4. The topological polar surface area (TPSA) is 67.9 Å². The normalized spacial score (nSPS) is 13.2. The van der Waals surface area contributed by atoms with Gasteiger partial charge in [0.1, 0.15) is 0 Å². The molecule has 2 rings (SSSR count). The van der Waals surface area contributed by atoms with Crippen molar-refractivity contribution in [1.82, 2.24) is 10.2 Å². The maximum Gasteiger partial charge on any atom is 0.314 e. The van der Waals surface area contributed by atoms with Gasteiger partial charge in [0.25, 0.3) is 11.8 Å². The van der Waals surface area contributed by atoms with Gasteiger partial charge in [-0.3, -0.25) is 9.59 Å². The Morgan fingerprint density at radius 1 is 0.806 bits per heavy atom. The summed E-state index contributed by atoms with van der Waals surface area (Å²) in [6.07, 6.45) is 0. The summed E-state index contributed by atoms with van der Waals surface area (Å²) in [6.45, 7) is 19.0. The summed E-state index contributed by atoms with van der Waals surface area (Å²) in [7, 11) is -6.06. The number of benzene rings is 2. The average molecular weight is 545 g/mol. The Labute approximate surface area is 220 Å². The number of amides is 2. The summed E-state index contributed by atoms with van der Waals surface area (Å²) in [5, 5.41) is 2.96. The lowest BCUT2D eigenvalue weighted by Crippen LogP contribution is -2.54. The number of hydrogen-bond donors (Lipinski definition) is 1. The van der Waals surface area contributed by atoms with Crippen molar-refractivity contribution in [1.29, 1.82) is 0 Å². The number of nitrogens with one attached hydrogen (secondary N) is 1. The van der Waals surface area contributed by atoms with E-state index in [9.17, 15) is 9.59 Å². The van der Waals surface area contributed by atoms with E-state index in [1.54, 1.807) is 12.1 Å². The fraction of sp³-hybridized carbons (Fsp3) is 0.481. The molecular weight excluding hydrogens is 501 g/mol. The Morgan fingerprint density at radius 2 is 1.28 bits per heavy atom. The smallest absolute Gasteiger partial charge is 0.314 e. The van der Waals surface area contributed by atoms with Crippen molar-refractivity contribution in [2.45, 2.75) is 58.8 Å². The third-order valence-corrected chi connectivity index (χ3v) is 15.1. The van der Waals surface area contributed by atoms with Crippen LogP contribution in [-0.2, 0) is 8.23 Å². The summed E-state index contributed by atoms with van der Waals surface area (Å²) >= 11 is 0. The third kappa shape index (κ3) is 10.9. The minimum Gasteiger partial charge on any atom is -0.437 e. The van der Waals surface area contributed by atoms with Crippen LogP contribution in [0.2, 0.25) is 51.9 Å². The zero-order valence-electron chi connectivity index (χ0n) is 23.3. The molecule has 2 amide bonds. The van der Waals surface area contributed by atoms with Crippen LogP contribution in [0.4, 0.5) is 0 Å². The molecule has 6 nitrogen and oxygen atoms in total. The van der Waals surface area contributed by atoms with E-state index in [-0.39, 0.29) is 17.7 Å². The van der Waals surface area contributed by atoms with E-state index in [0.29, 0.717) is 30.8 Å². The van der Waals surface area contributed by atoms with Crippen molar-refractivity contribution in [2.75, 3.05) is 19.6 Å². The molecule has 2 aromatic rings. The van der Waals surface area contributed by atoms with Crippen LogP contribution >= 0.6 is 0 Å². The molecule has 0 saturated heterocycles. The molecule has 2 aromatic carbocycles. The van der Waals surface area contributed by atoms with E-state index < -0.39 is 25.2 Å². The van der Waals surface area contributed by atoms with Crippen molar-refractivity contribution in [3.8, 4) is 0 Å². The fourth-order valence-corrected chi connectivity index (χ4v) is 17.5. The number of nitrogens with zero attached hydrogens (tertiary/aromatic N) is 1. The van der Waals surface area contributed by atoms with Crippen LogP contribution < -0.4 is 5.32 Å². The highest BCUT2D eigenvalue weighted by atomic mass is 28.5. The molecular formula is C27H44N2O4Si3. The molecule has 1 atom stereocenters. The monoisotopic (exact) mass is 544 g/mol. The minimum atomic E-state index is -2.44. The van der Waals surface area contributed by atoms with Crippen molar-refractivity contribution < 1.29 is 17.8 Å². The van der Waals surface area contributed by atoms with Crippen LogP contribution in [0, 0.1) is 5.92 Å². The Kier molecular flexibility index (Phi) is 10.9. The van der Waals surface area contributed by atoms with Gasteiger partial charge in [-0.15, -0.1) is 0 Å². The maximum absolute atomic E-state index is 13.4. The van der Waals surface area contributed by atoms with Crippen LogP contribution in [0.15, 0.2) is 60.7 Å². The highest BCUT2D eigenvalue weighted by Gasteiger charge is 2.41. The Bertz CT molecular complexity index is 960. The lowest BCUT2D eigenvalue weighted by molar-refractivity contribution is 0.0727. The predicted molar refractivity (Wildman–Crippen MR) is 156 cm³/mol. The molecule has 198 valence electrons. The lowest BCUT2D eigenvalue weighted by atomic mass is 10.1. The Hall–Kier alpha value is -2.05. The van der Waals surface area contributed by atoms with Crippen LogP contribution in [0.5, 0.6) is 0 Å². The average Bonchev–Trinajstić information content (AvgIpc) is 2.76. The van der Waals surface area contributed by atoms with Gasteiger partial charge in [-0.1, -0.05) is 43.3 Å². The standard InChI is InChI=1S/C27H44N2O4Si3/c1-23(22-36(8,32-34(2,3)4)33-35(5,6)7)21-29(27(31)25-17-13-10-14-18-25)20-19-28-26(30)24-15-11-9-12-16-24/h9-18,23H,19-22H2,1-8H3,(H,28,30). The van der Waals surface area contributed by atoms with E-state index >= 15 is 0 Å². The summed E-state index contributed by atoms with van der Waals surface area (Å²) in [4.78, 5) is 27.8. The summed E-state index contributed by atoms with van der Waals surface area (Å²) in [6, 6.07) is 19.3. The third-order valence-electron chi connectivity index (χ3n) is 5.31. The molecule has 0 spiro atoms. The van der Waals surface area contributed by atoms with Gasteiger partial charge in [0, 0.05) is 30.8 Å². The predicted octanol–water partition coefficient (Wildman–Crippen LogP) is 5.97. The molecule has 0 bridgehead atoms. The second-order valence-corrected chi connectivity index (χ2v) is 24.4. The molecule has 0 saturated carbocycles. The largest absolute Gasteiger partial charge is 0.437 e. The molecule has 9 heteroatoms. The molecule has 0 heterocycles. The molecule has 0 aromatic heterocycles. The SMILES string of the molecule is CC(CN(CCNC(=O)c1ccccc1)C(=O)c1ccccc1)C[Si](C)(O[Si](C)(C)C)O[Si](C)(C)C. The van der Waals surface area contributed by atoms with Gasteiger partial charge < -0.3 is 18.4 Å². The van der Waals surface area contributed by atoms with Crippen molar-refractivity contribution in [2.24, 2.45) is 5.92 Å². The molecule has 0 aliphatic rings. The van der Waals surface area contributed by atoms with Crippen molar-refractivity contribution in [3.63, 3.8) is 0 Å². The zero-order chi connectivity index (χ0) is 27.0. The molecule has 0 fully saturated rings. The minimum absolute atomic E-state index is 0.0305. The number of carbonyl (C=O) groups is 2. The molecule has 0 aliphatic heterocycles. The van der Waals surface area contributed by atoms with Crippen LogP contribution in [0.3, 0.4) is 0 Å². The van der Waals surface area contributed by atoms with Crippen molar-refractivity contribution >= 4 is 37.0 Å². The maximum atomic E-state index is 13.4. The quantitative estimate of drug-likeness (QED) is 0.316. The van der Waals surface area contributed by atoms with Crippen molar-refractivity contribution in [3.05, 3.63) is 71.8 Å². The molecule has 36 heavy (non-hydrogen) atoms. The Balaban J connectivity index is 2.14. The van der Waals surface area contributed by atoms with E-state index in [0.717, 1.165) is 6.04 Å². The first-order valence-electron chi connectivity index (χ1n) is 12.8. The van der Waals surface area contributed by atoms with Crippen LogP contribution in [0.25, 0.3) is 0 Å². The van der Waals surface area contributed by atoms with Crippen LogP contribution in [0.1, 0.15) is 27.6 Å². The lowest BCUT2D eigenvalue weighted by Gasteiger charge is -2.40. The van der Waals surface area contributed by atoms with Gasteiger partial charge in [0.2, 0.25) is 0 Å². The number of rotatable bonds is 13. The number of carbonyl (C=O) groups excluding carboxylic acids is 2. The Morgan fingerprint density at radius 3 is 1.75 bits per heavy atom. The first-order valence-corrected chi connectivity index (χ1v) is 22.1. The second-order valence-electron chi connectivity index (χ2n) is 11.6. The van der Waals surface area contributed by atoms with Crippen LogP contribution in [-0.4, -0.2) is 61.5 Å². The highest BCUT2D eigenvalue weighted by Crippen LogP contribution is 2.28. The highest BCUT2D eigenvalue weighted by molar-refractivity contribution is 6.87. The summed E-state index contributed by atoms with van der Waals surface area (Å²) < 4.78 is 13.4. The van der Waals surface area contributed by atoms with Gasteiger partial charge >= 0.3 is 8.56 Å². The zero-order valence-corrected chi connectivity index (χ0v) is 26.3. The van der Waals surface area contributed by atoms with Gasteiger partial charge in [-0.05, 0) is 82.1 Å². The van der Waals surface area contributed by atoms with Gasteiger partial charge in [-0.25, -0.2) is 0 Å². The van der Waals surface area contributed by atoms with Gasteiger partial charge in [0.05, 0.1) is 0 Å². The van der Waals surface area contributed by atoms with E-state index in [4.69, 9.17) is 8.23 Å². The van der Waals surface area contributed by atoms with E-state index in [1.165, 1.54) is 0 Å². The molecule has 0 aliphatic carbocycles. The first kappa shape index (κ1) is 30.2. The molecule has 0 radical (unpaired) electrons. The van der Waals surface area contributed by atoms with E-state index in [1.807, 2.05) is 53.4 Å². The second kappa shape index (κ2) is 13.0. The molecule has 1 N–H and O–H groups in total. The molecule has 1 unspecified atom stereocenters. The summed E-state index contributed by atoms with van der Waals surface area (Å²) in [5.41, 5.74) is 1.26. The first-order chi connectivity index (χ1) is 16.7. The summed E-state index contributed by atoms with van der Waals surface area (Å²) in [5.74, 6) is 0.0201.